The first kappa shape index (κ1) is 21.6. The second-order valence-electron chi connectivity index (χ2n) is 6.54. The average Bonchev–Trinajstić information content (AvgIpc) is 2.76. The van der Waals surface area contributed by atoms with Gasteiger partial charge in [-0.2, -0.15) is 0 Å². The van der Waals surface area contributed by atoms with Gasteiger partial charge in [0.05, 0.1) is 5.56 Å². The first-order valence-corrected chi connectivity index (χ1v) is 9.41. The Morgan fingerprint density at radius 3 is 2.39 bits per heavy atom. The van der Waals surface area contributed by atoms with Gasteiger partial charge < -0.3 is 24.8 Å². The van der Waals surface area contributed by atoms with Gasteiger partial charge in [-0.1, -0.05) is 12.1 Å². The van der Waals surface area contributed by atoms with Gasteiger partial charge in [0.2, 0.25) is 5.91 Å². The van der Waals surface area contributed by atoms with Crippen molar-refractivity contribution in [3.8, 4) is 11.5 Å². The lowest BCUT2D eigenvalue weighted by Gasteiger charge is -2.19. The van der Waals surface area contributed by atoms with Crippen molar-refractivity contribution in [1.82, 2.24) is 10.6 Å². The van der Waals surface area contributed by atoms with Crippen LogP contribution in [0, 0.1) is 0 Å². The molecule has 0 aliphatic carbocycles. The number of hydrogen-bond donors (Lipinski definition) is 3. The first-order valence-electron chi connectivity index (χ1n) is 9.41. The summed E-state index contributed by atoms with van der Waals surface area (Å²) in [7, 11) is 0. The van der Waals surface area contributed by atoms with Gasteiger partial charge >= 0.3 is 12.0 Å². The summed E-state index contributed by atoms with van der Waals surface area (Å²) >= 11 is 0. The zero-order valence-electron chi connectivity index (χ0n) is 16.7. The van der Waals surface area contributed by atoms with Gasteiger partial charge in [-0.3, -0.25) is 14.9 Å². The Morgan fingerprint density at radius 1 is 0.968 bits per heavy atom. The van der Waals surface area contributed by atoms with Crippen LogP contribution >= 0.6 is 0 Å². The summed E-state index contributed by atoms with van der Waals surface area (Å²) in [5, 5.41) is 7.21. The molecule has 31 heavy (non-hydrogen) atoms. The van der Waals surface area contributed by atoms with E-state index in [0.29, 0.717) is 36.9 Å². The third kappa shape index (κ3) is 6.46. The van der Waals surface area contributed by atoms with E-state index in [1.54, 1.807) is 30.3 Å². The SMILES string of the molecule is CC(=O)NCc1ccc(C(=O)OCC(=O)NC(=O)Nc2ccc3c(c2)OCCO3)cc1. The van der Waals surface area contributed by atoms with Crippen LogP contribution in [0.1, 0.15) is 22.8 Å². The van der Waals surface area contributed by atoms with Gasteiger partial charge in [-0.15, -0.1) is 0 Å². The second kappa shape index (κ2) is 10.1. The van der Waals surface area contributed by atoms with Crippen LogP contribution in [-0.4, -0.2) is 43.6 Å². The largest absolute Gasteiger partial charge is 0.486 e. The molecular formula is C21H21N3O7. The number of urea groups is 1. The molecule has 2 aromatic rings. The topological polar surface area (TPSA) is 132 Å². The van der Waals surface area contributed by atoms with Crippen LogP contribution in [0.2, 0.25) is 0 Å². The molecule has 0 aromatic heterocycles. The number of hydrogen-bond acceptors (Lipinski definition) is 7. The highest BCUT2D eigenvalue weighted by Gasteiger charge is 2.15. The number of ether oxygens (including phenoxy) is 3. The fourth-order valence-electron chi connectivity index (χ4n) is 2.65. The van der Waals surface area contributed by atoms with Gasteiger partial charge in [-0.25, -0.2) is 9.59 Å². The lowest BCUT2D eigenvalue weighted by atomic mass is 10.1. The number of carbonyl (C=O) groups excluding carboxylic acids is 4. The molecule has 10 heteroatoms. The van der Waals surface area contributed by atoms with E-state index < -0.39 is 24.5 Å². The number of benzene rings is 2. The summed E-state index contributed by atoms with van der Waals surface area (Å²) in [6.07, 6.45) is 0. The zero-order chi connectivity index (χ0) is 22.2. The maximum atomic E-state index is 12.0. The molecule has 162 valence electrons. The number of imide groups is 1. The Hall–Kier alpha value is -4.08. The molecule has 0 spiro atoms. The molecule has 1 aliphatic rings. The molecular weight excluding hydrogens is 406 g/mol. The standard InChI is InChI=1S/C21H21N3O7/c1-13(25)22-11-14-2-4-15(5-3-14)20(27)31-12-19(26)24-21(28)23-16-6-7-17-18(10-16)30-9-8-29-17/h2-7,10H,8-9,11-12H2,1H3,(H,22,25)(H2,23,24,26,28). The van der Waals surface area contributed by atoms with Crippen molar-refractivity contribution in [3.05, 3.63) is 53.6 Å². The minimum Gasteiger partial charge on any atom is -0.486 e. The van der Waals surface area contributed by atoms with Crippen LogP contribution in [0.25, 0.3) is 0 Å². The van der Waals surface area contributed by atoms with Crippen molar-refractivity contribution in [2.24, 2.45) is 0 Å². The highest BCUT2D eigenvalue weighted by Crippen LogP contribution is 2.32. The number of esters is 1. The average molecular weight is 427 g/mol. The maximum Gasteiger partial charge on any atom is 0.338 e. The van der Waals surface area contributed by atoms with Gasteiger partial charge in [0.25, 0.3) is 5.91 Å². The van der Waals surface area contributed by atoms with E-state index in [0.717, 1.165) is 5.56 Å². The molecule has 2 aromatic carbocycles. The molecule has 0 saturated heterocycles. The van der Waals surface area contributed by atoms with Crippen molar-refractivity contribution >= 4 is 29.5 Å². The van der Waals surface area contributed by atoms with Crippen LogP contribution in [0.5, 0.6) is 11.5 Å². The number of anilines is 1. The molecule has 3 N–H and O–H groups in total. The molecule has 0 bridgehead atoms. The fraction of sp³-hybridized carbons (Fsp3) is 0.238. The van der Waals surface area contributed by atoms with Gasteiger partial charge in [-0.05, 0) is 29.8 Å². The summed E-state index contributed by atoms with van der Waals surface area (Å²) in [5.74, 6) is -0.595. The quantitative estimate of drug-likeness (QED) is 0.597. The van der Waals surface area contributed by atoms with Crippen molar-refractivity contribution < 1.29 is 33.4 Å². The minimum atomic E-state index is -0.786. The highest BCUT2D eigenvalue weighted by molar-refractivity contribution is 6.02. The number of amides is 4. The fourth-order valence-corrected chi connectivity index (χ4v) is 2.65. The summed E-state index contributed by atoms with van der Waals surface area (Å²) in [4.78, 5) is 46.8. The number of rotatable bonds is 6. The Morgan fingerprint density at radius 2 is 1.68 bits per heavy atom. The second-order valence-corrected chi connectivity index (χ2v) is 6.54. The highest BCUT2D eigenvalue weighted by atomic mass is 16.6. The Bertz CT molecular complexity index is 989. The Labute approximate surface area is 177 Å². The monoisotopic (exact) mass is 427 g/mol. The van der Waals surface area contributed by atoms with Crippen molar-refractivity contribution in [2.45, 2.75) is 13.5 Å². The molecule has 0 radical (unpaired) electrons. The van der Waals surface area contributed by atoms with Crippen molar-refractivity contribution in [1.29, 1.82) is 0 Å². The molecule has 0 fully saturated rings. The summed E-state index contributed by atoms with van der Waals surface area (Å²) in [6, 6.07) is 10.4. The van der Waals surface area contributed by atoms with Crippen molar-refractivity contribution in [3.63, 3.8) is 0 Å². The van der Waals surface area contributed by atoms with Gasteiger partial charge in [0, 0.05) is 25.2 Å². The summed E-state index contributed by atoms with van der Waals surface area (Å²) in [5.41, 5.74) is 1.45. The molecule has 0 atom stereocenters. The third-order valence-corrected chi connectivity index (χ3v) is 4.12. The van der Waals surface area contributed by atoms with Crippen LogP contribution in [0.3, 0.4) is 0 Å². The normalized spacial score (nSPS) is 11.8. The van der Waals surface area contributed by atoms with Crippen LogP contribution in [0.15, 0.2) is 42.5 Å². The molecule has 1 aliphatic heterocycles. The molecule has 10 nitrogen and oxygen atoms in total. The number of fused-ring (bicyclic) bond motifs is 1. The van der Waals surface area contributed by atoms with Gasteiger partial charge in [0.1, 0.15) is 13.2 Å². The molecule has 3 rings (SSSR count). The van der Waals surface area contributed by atoms with Crippen LogP contribution in [0.4, 0.5) is 10.5 Å². The maximum absolute atomic E-state index is 12.0. The Kier molecular flexibility index (Phi) is 7.05. The van der Waals surface area contributed by atoms with E-state index in [2.05, 4.69) is 16.0 Å². The molecule has 4 amide bonds. The minimum absolute atomic E-state index is 0.160. The van der Waals surface area contributed by atoms with Gasteiger partial charge in [0.15, 0.2) is 18.1 Å². The van der Waals surface area contributed by atoms with Crippen molar-refractivity contribution in [2.75, 3.05) is 25.1 Å². The van der Waals surface area contributed by atoms with E-state index in [-0.39, 0.29) is 11.5 Å². The molecule has 1 heterocycles. The zero-order valence-corrected chi connectivity index (χ0v) is 16.7. The van der Waals surface area contributed by atoms with E-state index in [1.165, 1.54) is 19.1 Å². The summed E-state index contributed by atoms with van der Waals surface area (Å²) in [6.45, 7) is 1.99. The van der Waals surface area contributed by atoms with Crippen LogP contribution < -0.4 is 25.4 Å². The predicted octanol–water partition coefficient (Wildman–Crippen LogP) is 1.60. The Balaban J connectivity index is 1.43. The smallest absolute Gasteiger partial charge is 0.338 e. The number of carbonyl (C=O) groups is 4. The van der Waals surface area contributed by atoms with E-state index >= 15 is 0 Å². The predicted molar refractivity (Wildman–Crippen MR) is 109 cm³/mol. The van der Waals surface area contributed by atoms with Crippen LogP contribution in [-0.2, 0) is 20.9 Å². The summed E-state index contributed by atoms with van der Waals surface area (Å²) < 4.78 is 15.7. The van der Waals surface area contributed by atoms with E-state index in [4.69, 9.17) is 14.2 Å². The lowest BCUT2D eigenvalue weighted by molar-refractivity contribution is -0.123. The third-order valence-electron chi connectivity index (χ3n) is 4.12. The van der Waals surface area contributed by atoms with E-state index in [1.807, 2.05) is 0 Å². The van der Waals surface area contributed by atoms with E-state index in [9.17, 15) is 19.2 Å². The number of nitrogens with one attached hydrogen (secondary N) is 3. The lowest BCUT2D eigenvalue weighted by Crippen LogP contribution is -2.37. The molecule has 0 unspecified atom stereocenters. The first-order chi connectivity index (χ1) is 14.9. The molecule has 0 saturated carbocycles.